The molecule has 0 aromatic heterocycles. The second kappa shape index (κ2) is 2.56. The van der Waals surface area contributed by atoms with Crippen molar-refractivity contribution in [1.82, 2.24) is 0 Å². The summed E-state index contributed by atoms with van der Waals surface area (Å²) in [7, 11) is 0. The van der Waals surface area contributed by atoms with Gasteiger partial charge in [0.1, 0.15) is 0 Å². The summed E-state index contributed by atoms with van der Waals surface area (Å²) in [6, 6.07) is -0.346. The molecule has 4 heteroatoms. The van der Waals surface area contributed by atoms with Gasteiger partial charge in [0.2, 0.25) is 0 Å². The third kappa shape index (κ3) is 1.27. The number of carboxylic acid groups (broad SMARTS) is 1. The van der Waals surface area contributed by atoms with Crippen LogP contribution < -0.4 is 5.73 Å². The zero-order valence-electron chi connectivity index (χ0n) is 5.53. The molecule has 0 aliphatic heterocycles. The van der Waals surface area contributed by atoms with Crippen molar-refractivity contribution in [3.8, 4) is 0 Å². The van der Waals surface area contributed by atoms with Crippen LogP contribution in [0.15, 0.2) is 0 Å². The number of aliphatic hydroxyl groups excluding tert-OH is 1. The highest BCUT2D eigenvalue weighted by Gasteiger charge is 2.34. The molecule has 0 amide bonds. The number of hydrogen-bond donors (Lipinski definition) is 3. The standard InChI is InChI=1S/C6H11NO3/c7-4-1-3(6(9)10)2-5(4)8/h3-5,8H,1-2,7H2,(H,9,10)/t3?,4-,5+/m1/s1. The Balaban J connectivity index is 2.49. The molecule has 58 valence electrons. The van der Waals surface area contributed by atoms with Crippen molar-refractivity contribution in [2.75, 3.05) is 0 Å². The molecule has 1 saturated carbocycles. The average Bonchev–Trinajstić information content (AvgIpc) is 2.13. The van der Waals surface area contributed by atoms with Crippen molar-refractivity contribution in [2.45, 2.75) is 25.0 Å². The van der Waals surface area contributed by atoms with Crippen LogP contribution in [0.25, 0.3) is 0 Å². The van der Waals surface area contributed by atoms with Crippen LogP contribution in [0, 0.1) is 5.92 Å². The van der Waals surface area contributed by atoms with Crippen molar-refractivity contribution in [3.05, 3.63) is 0 Å². The molecular formula is C6H11NO3. The molecule has 10 heavy (non-hydrogen) atoms. The number of aliphatic hydroxyl groups is 1. The maximum atomic E-state index is 10.3. The van der Waals surface area contributed by atoms with Gasteiger partial charge in [-0.2, -0.15) is 0 Å². The van der Waals surface area contributed by atoms with Crippen molar-refractivity contribution >= 4 is 5.97 Å². The second-order valence-corrected chi connectivity index (χ2v) is 2.74. The van der Waals surface area contributed by atoms with E-state index in [0.717, 1.165) is 0 Å². The summed E-state index contributed by atoms with van der Waals surface area (Å²) in [5, 5.41) is 17.5. The summed E-state index contributed by atoms with van der Waals surface area (Å²) < 4.78 is 0. The van der Waals surface area contributed by atoms with Gasteiger partial charge in [-0.1, -0.05) is 0 Å². The van der Waals surface area contributed by atoms with Crippen LogP contribution in [0.3, 0.4) is 0 Å². The smallest absolute Gasteiger partial charge is 0.306 e. The lowest BCUT2D eigenvalue weighted by molar-refractivity contribution is -0.141. The maximum absolute atomic E-state index is 10.3. The lowest BCUT2D eigenvalue weighted by Gasteiger charge is -2.04. The average molecular weight is 145 g/mol. The SMILES string of the molecule is N[C@@H]1CC(C(=O)O)C[C@@H]1O. The van der Waals surface area contributed by atoms with Gasteiger partial charge in [-0.05, 0) is 12.8 Å². The zero-order chi connectivity index (χ0) is 7.72. The Bertz CT molecular complexity index is 138. The van der Waals surface area contributed by atoms with Crippen LogP contribution >= 0.6 is 0 Å². The number of rotatable bonds is 1. The third-order valence-electron chi connectivity index (χ3n) is 1.93. The number of aliphatic carboxylic acids is 1. The van der Waals surface area contributed by atoms with Crippen molar-refractivity contribution in [3.63, 3.8) is 0 Å². The molecule has 0 heterocycles. The molecule has 1 aliphatic rings. The molecule has 1 aliphatic carbocycles. The summed E-state index contributed by atoms with van der Waals surface area (Å²) >= 11 is 0. The lowest BCUT2D eigenvalue weighted by atomic mass is 10.1. The van der Waals surface area contributed by atoms with E-state index >= 15 is 0 Å². The molecular weight excluding hydrogens is 134 g/mol. The van der Waals surface area contributed by atoms with Gasteiger partial charge in [0.25, 0.3) is 0 Å². The van der Waals surface area contributed by atoms with Gasteiger partial charge in [-0.15, -0.1) is 0 Å². The van der Waals surface area contributed by atoms with Crippen LogP contribution in [0.4, 0.5) is 0 Å². The van der Waals surface area contributed by atoms with Gasteiger partial charge in [0.15, 0.2) is 0 Å². The number of carboxylic acids is 1. The summed E-state index contributed by atoms with van der Waals surface area (Å²) in [4.78, 5) is 10.3. The fraction of sp³-hybridized carbons (Fsp3) is 0.833. The Morgan fingerprint density at radius 2 is 2.10 bits per heavy atom. The number of carbonyl (C=O) groups is 1. The van der Waals surface area contributed by atoms with Gasteiger partial charge in [0, 0.05) is 6.04 Å². The molecule has 0 bridgehead atoms. The first-order chi connectivity index (χ1) is 4.61. The molecule has 0 spiro atoms. The van der Waals surface area contributed by atoms with Crippen LogP contribution in [-0.2, 0) is 4.79 Å². The van der Waals surface area contributed by atoms with E-state index in [2.05, 4.69) is 0 Å². The quantitative estimate of drug-likeness (QED) is 0.449. The normalized spacial score (nSPS) is 40.0. The van der Waals surface area contributed by atoms with E-state index in [1.165, 1.54) is 0 Å². The largest absolute Gasteiger partial charge is 0.481 e. The minimum atomic E-state index is -0.855. The molecule has 0 radical (unpaired) electrons. The van der Waals surface area contributed by atoms with Crippen molar-refractivity contribution < 1.29 is 15.0 Å². The summed E-state index contributed by atoms with van der Waals surface area (Å²) in [5.41, 5.74) is 5.39. The Morgan fingerprint density at radius 1 is 1.50 bits per heavy atom. The van der Waals surface area contributed by atoms with Crippen LogP contribution in [0.5, 0.6) is 0 Å². The van der Waals surface area contributed by atoms with Gasteiger partial charge in [-0.3, -0.25) is 4.79 Å². The second-order valence-electron chi connectivity index (χ2n) is 2.74. The van der Waals surface area contributed by atoms with Gasteiger partial charge < -0.3 is 15.9 Å². The maximum Gasteiger partial charge on any atom is 0.306 e. The Kier molecular flexibility index (Phi) is 1.92. The van der Waals surface area contributed by atoms with Crippen LogP contribution in [0.1, 0.15) is 12.8 Å². The fourth-order valence-corrected chi connectivity index (χ4v) is 1.25. The highest BCUT2D eigenvalue weighted by Crippen LogP contribution is 2.24. The van der Waals surface area contributed by atoms with E-state index in [-0.39, 0.29) is 6.04 Å². The molecule has 1 rings (SSSR count). The molecule has 1 unspecified atom stereocenters. The van der Waals surface area contributed by atoms with E-state index < -0.39 is 18.0 Å². The summed E-state index contributed by atoms with van der Waals surface area (Å²) in [6.07, 6.45) is 0.0774. The fourth-order valence-electron chi connectivity index (χ4n) is 1.25. The van der Waals surface area contributed by atoms with E-state index in [0.29, 0.717) is 12.8 Å². The van der Waals surface area contributed by atoms with Gasteiger partial charge >= 0.3 is 5.97 Å². The predicted octanol–water partition coefficient (Wildman–Crippen LogP) is -0.831. The molecule has 0 saturated heterocycles. The Morgan fingerprint density at radius 3 is 2.30 bits per heavy atom. The first-order valence-electron chi connectivity index (χ1n) is 3.27. The van der Waals surface area contributed by atoms with Gasteiger partial charge in [-0.25, -0.2) is 0 Å². The highest BCUT2D eigenvalue weighted by atomic mass is 16.4. The minimum absolute atomic E-state index is 0.302. The van der Waals surface area contributed by atoms with Crippen molar-refractivity contribution in [1.29, 1.82) is 0 Å². The molecule has 0 aromatic carbocycles. The Labute approximate surface area is 58.6 Å². The molecule has 1 fully saturated rings. The van der Waals surface area contributed by atoms with Crippen LogP contribution in [0.2, 0.25) is 0 Å². The summed E-state index contributed by atoms with van der Waals surface area (Å²) in [5.74, 6) is -1.29. The predicted molar refractivity (Wildman–Crippen MR) is 34.3 cm³/mol. The van der Waals surface area contributed by atoms with E-state index in [9.17, 15) is 4.79 Å². The summed E-state index contributed by atoms with van der Waals surface area (Å²) in [6.45, 7) is 0. The van der Waals surface area contributed by atoms with E-state index in [1.807, 2.05) is 0 Å². The monoisotopic (exact) mass is 145 g/mol. The Hall–Kier alpha value is -0.610. The highest BCUT2D eigenvalue weighted by molar-refractivity contribution is 5.70. The molecule has 0 aromatic rings. The lowest BCUT2D eigenvalue weighted by Crippen LogP contribution is -2.28. The zero-order valence-corrected chi connectivity index (χ0v) is 5.53. The molecule has 4 N–H and O–H groups in total. The van der Waals surface area contributed by atoms with E-state index in [4.69, 9.17) is 15.9 Å². The minimum Gasteiger partial charge on any atom is -0.481 e. The molecule has 4 nitrogen and oxygen atoms in total. The van der Waals surface area contributed by atoms with Crippen molar-refractivity contribution in [2.24, 2.45) is 11.7 Å². The first-order valence-corrected chi connectivity index (χ1v) is 3.27. The third-order valence-corrected chi connectivity index (χ3v) is 1.93. The van der Waals surface area contributed by atoms with Crippen LogP contribution in [-0.4, -0.2) is 28.3 Å². The van der Waals surface area contributed by atoms with E-state index in [1.54, 1.807) is 0 Å². The number of hydrogen-bond acceptors (Lipinski definition) is 3. The molecule has 3 atom stereocenters. The number of nitrogens with two attached hydrogens (primary N) is 1. The first kappa shape index (κ1) is 7.50. The van der Waals surface area contributed by atoms with Gasteiger partial charge in [0.05, 0.1) is 12.0 Å². The topological polar surface area (TPSA) is 83.6 Å².